The largest absolute Gasteiger partial charge is 0.455 e. The van der Waals surface area contributed by atoms with Crippen LogP contribution >= 0.6 is 0 Å². The highest BCUT2D eigenvalue weighted by Crippen LogP contribution is 2.29. The number of hydrogen-bond donors (Lipinski definition) is 2. The molecule has 0 saturated carbocycles. The molecule has 4 aromatic rings. The van der Waals surface area contributed by atoms with E-state index in [2.05, 4.69) is 15.2 Å². The van der Waals surface area contributed by atoms with Crippen LogP contribution in [0.25, 0.3) is 11.0 Å². The second-order valence-corrected chi connectivity index (χ2v) is 9.47. The van der Waals surface area contributed by atoms with Gasteiger partial charge in [0, 0.05) is 17.5 Å². The fourth-order valence-corrected chi connectivity index (χ4v) is 4.73. The standard InChI is InChI=1S/C24H22N4O5S/c1-15-8-10-20(16(2)12-15)27-34(31,32)24-14-19(28(29)30)9-11-21(24)26-25-17(3)23-13-18-6-4-5-7-22(18)33-23/h4-14,26-27H,1-3H3/b25-17+. The Hall–Kier alpha value is -4.18. The number of nitro benzene ring substituents is 1. The molecule has 2 N–H and O–H groups in total. The zero-order valence-corrected chi connectivity index (χ0v) is 19.5. The molecule has 0 atom stereocenters. The molecule has 34 heavy (non-hydrogen) atoms. The number of anilines is 2. The summed E-state index contributed by atoms with van der Waals surface area (Å²) in [5, 5.41) is 16.5. The van der Waals surface area contributed by atoms with Gasteiger partial charge in [-0.3, -0.25) is 20.3 Å². The number of rotatable bonds is 7. The number of nitro groups is 1. The van der Waals surface area contributed by atoms with Crippen LogP contribution in [0, 0.1) is 24.0 Å². The summed E-state index contributed by atoms with van der Waals surface area (Å²) in [6, 6.07) is 18.1. The van der Waals surface area contributed by atoms with Crippen LogP contribution in [0.1, 0.15) is 23.8 Å². The lowest BCUT2D eigenvalue weighted by Crippen LogP contribution is -2.16. The third kappa shape index (κ3) is 4.76. The van der Waals surface area contributed by atoms with Crippen molar-refractivity contribution in [2.24, 2.45) is 5.10 Å². The van der Waals surface area contributed by atoms with Crippen LogP contribution in [0.15, 0.2) is 81.1 Å². The minimum atomic E-state index is -4.18. The molecule has 0 bridgehead atoms. The summed E-state index contributed by atoms with van der Waals surface area (Å²) < 4.78 is 34.7. The molecule has 1 heterocycles. The summed E-state index contributed by atoms with van der Waals surface area (Å²) in [5.74, 6) is 0.508. The monoisotopic (exact) mass is 478 g/mol. The molecule has 3 aromatic carbocycles. The first-order valence-electron chi connectivity index (χ1n) is 10.3. The van der Waals surface area contributed by atoms with E-state index in [1.807, 2.05) is 43.3 Å². The highest BCUT2D eigenvalue weighted by atomic mass is 32.2. The first-order chi connectivity index (χ1) is 16.1. The van der Waals surface area contributed by atoms with Gasteiger partial charge in [0.05, 0.1) is 16.3 Å². The summed E-state index contributed by atoms with van der Waals surface area (Å²) in [6.07, 6.45) is 0. The van der Waals surface area contributed by atoms with Crippen LogP contribution in [0.3, 0.4) is 0 Å². The second kappa shape index (κ2) is 8.99. The maximum atomic E-state index is 13.2. The number of aryl methyl sites for hydroxylation is 2. The Labute approximate surface area is 196 Å². The average Bonchev–Trinajstić information content (AvgIpc) is 3.23. The van der Waals surface area contributed by atoms with E-state index in [9.17, 15) is 18.5 Å². The quantitative estimate of drug-likeness (QED) is 0.202. The predicted molar refractivity (Wildman–Crippen MR) is 132 cm³/mol. The second-order valence-electron chi connectivity index (χ2n) is 7.82. The van der Waals surface area contributed by atoms with Crippen molar-refractivity contribution in [3.63, 3.8) is 0 Å². The van der Waals surface area contributed by atoms with Crippen LogP contribution < -0.4 is 10.1 Å². The van der Waals surface area contributed by atoms with Crippen molar-refractivity contribution < 1.29 is 17.8 Å². The molecule has 0 fully saturated rings. The van der Waals surface area contributed by atoms with Crippen molar-refractivity contribution in [1.29, 1.82) is 0 Å². The minimum Gasteiger partial charge on any atom is -0.455 e. The first-order valence-corrected chi connectivity index (χ1v) is 11.8. The maximum Gasteiger partial charge on any atom is 0.270 e. The molecule has 9 nitrogen and oxygen atoms in total. The number of hydrogen-bond acceptors (Lipinski definition) is 7. The van der Waals surface area contributed by atoms with Gasteiger partial charge in [0.2, 0.25) is 0 Å². The van der Waals surface area contributed by atoms with Gasteiger partial charge in [-0.2, -0.15) is 5.10 Å². The molecule has 0 aliphatic heterocycles. The third-order valence-electron chi connectivity index (χ3n) is 5.22. The Kier molecular flexibility index (Phi) is 6.08. The lowest BCUT2D eigenvalue weighted by Gasteiger charge is -2.14. The number of sulfonamides is 1. The number of nitrogens with one attached hydrogen (secondary N) is 2. The lowest BCUT2D eigenvalue weighted by molar-refractivity contribution is -0.385. The molecule has 0 amide bonds. The lowest BCUT2D eigenvalue weighted by atomic mass is 10.1. The highest BCUT2D eigenvalue weighted by Gasteiger charge is 2.23. The zero-order chi connectivity index (χ0) is 24.5. The van der Waals surface area contributed by atoms with Gasteiger partial charge in [0.15, 0.2) is 5.76 Å². The SMILES string of the molecule is C/C(=N\Nc1ccc([N+](=O)[O-])cc1S(=O)(=O)Nc1ccc(C)cc1C)c1cc2ccccc2o1. The normalized spacial score (nSPS) is 12.0. The molecular formula is C24H22N4O5S. The van der Waals surface area contributed by atoms with E-state index < -0.39 is 14.9 Å². The highest BCUT2D eigenvalue weighted by molar-refractivity contribution is 7.92. The van der Waals surface area contributed by atoms with Crippen molar-refractivity contribution in [2.45, 2.75) is 25.7 Å². The van der Waals surface area contributed by atoms with E-state index in [1.54, 1.807) is 26.0 Å². The number of hydrazone groups is 1. The van der Waals surface area contributed by atoms with Crippen LogP contribution in [0.2, 0.25) is 0 Å². The van der Waals surface area contributed by atoms with E-state index in [1.165, 1.54) is 12.1 Å². The average molecular weight is 479 g/mol. The molecule has 0 aliphatic rings. The zero-order valence-electron chi connectivity index (χ0n) is 18.7. The van der Waals surface area contributed by atoms with E-state index in [0.29, 0.717) is 22.7 Å². The van der Waals surface area contributed by atoms with E-state index >= 15 is 0 Å². The Morgan fingerprint density at radius 2 is 1.74 bits per heavy atom. The first kappa shape index (κ1) is 23.0. The van der Waals surface area contributed by atoms with Crippen molar-refractivity contribution in [3.8, 4) is 0 Å². The molecular weight excluding hydrogens is 456 g/mol. The molecule has 174 valence electrons. The Balaban J connectivity index is 1.70. The number of furan rings is 1. The van der Waals surface area contributed by atoms with Gasteiger partial charge in [0.25, 0.3) is 15.7 Å². The maximum absolute atomic E-state index is 13.2. The Morgan fingerprint density at radius 3 is 2.44 bits per heavy atom. The summed E-state index contributed by atoms with van der Waals surface area (Å²) >= 11 is 0. The number of benzene rings is 3. The van der Waals surface area contributed by atoms with Crippen LogP contribution in [-0.4, -0.2) is 19.1 Å². The molecule has 0 saturated heterocycles. The third-order valence-corrected chi connectivity index (χ3v) is 6.62. The van der Waals surface area contributed by atoms with Gasteiger partial charge < -0.3 is 4.42 Å². The van der Waals surface area contributed by atoms with E-state index in [-0.39, 0.29) is 16.3 Å². The Morgan fingerprint density at radius 1 is 1.00 bits per heavy atom. The van der Waals surface area contributed by atoms with Crippen LogP contribution in [0.5, 0.6) is 0 Å². The number of nitrogens with zero attached hydrogens (tertiary/aromatic N) is 2. The summed E-state index contributed by atoms with van der Waals surface area (Å²) in [6.45, 7) is 5.38. The van der Waals surface area contributed by atoms with Gasteiger partial charge in [-0.25, -0.2) is 8.42 Å². The Bertz CT molecular complexity index is 1510. The van der Waals surface area contributed by atoms with Crippen molar-refractivity contribution >= 4 is 43.8 Å². The van der Waals surface area contributed by atoms with Crippen LogP contribution in [0.4, 0.5) is 17.1 Å². The van der Waals surface area contributed by atoms with Gasteiger partial charge >= 0.3 is 0 Å². The van der Waals surface area contributed by atoms with Crippen molar-refractivity contribution in [3.05, 3.63) is 93.7 Å². The molecule has 1 aromatic heterocycles. The van der Waals surface area contributed by atoms with E-state index in [4.69, 9.17) is 4.42 Å². The van der Waals surface area contributed by atoms with Crippen molar-refractivity contribution in [1.82, 2.24) is 0 Å². The summed E-state index contributed by atoms with van der Waals surface area (Å²) in [7, 11) is -4.18. The molecule has 0 aliphatic carbocycles. The van der Waals surface area contributed by atoms with Crippen molar-refractivity contribution in [2.75, 3.05) is 10.1 Å². The summed E-state index contributed by atoms with van der Waals surface area (Å²) in [4.78, 5) is 10.4. The molecule has 4 rings (SSSR count). The smallest absolute Gasteiger partial charge is 0.270 e. The molecule has 0 spiro atoms. The summed E-state index contributed by atoms with van der Waals surface area (Å²) in [5.41, 5.74) is 5.70. The fourth-order valence-electron chi connectivity index (χ4n) is 3.43. The van der Waals surface area contributed by atoms with Crippen LogP contribution in [-0.2, 0) is 10.0 Å². The fraction of sp³-hybridized carbons (Fsp3) is 0.125. The minimum absolute atomic E-state index is 0.0818. The van der Waals surface area contributed by atoms with Gasteiger partial charge in [-0.05, 0) is 50.6 Å². The topological polar surface area (TPSA) is 127 Å². The predicted octanol–water partition coefficient (Wildman–Crippen LogP) is 5.59. The molecule has 0 unspecified atom stereocenters. The number of fused-ring (bicyclic) bond motifs is 1. The number of para-hydroxylation sites is 1. The van der Waals surface area contributed by atoms with Gasteiger partial charge in [-0.1, -0.05) is 35.9 Å². The van der Waals surface area contributed by atoms with Gasteiger partial charge in [-0.15, -0.1) is 0 Å². The number of non-ortho nitro benzene ring substituents is 1. The van der Waals surface area contributed by atoms with E-state index in [0.717, 1.165) is 22.6 Å². The molecule has 0 radical (unpaired) electrons. The van der Waals surface area contributed by atoms with Gasteiger partial charge in [0.1, 0.15) is 16.2 Å². The molecule has 10 heteroatoms.